The Balaban J connectivity index is 1.82. The van der Waals surface area contributed by atoms with E-state index >= 15 is 0 Å². The minimum Gasteiger partial charge on any atom is -0.363 e. The Bertz CT molecular complexity index is 115. The van der Waals surface area contributed by atoms with Crippen LogP contribution in [0.25, 0.3) is 0 Å². The summed E-state index contributed by atoms with van der Waals surface area (Å²) < 4.78 is 5.60. The van der Waals surface area contributed by atoms with Gasteiger partial charge in [0, 0.05) is 19.7 Å². The lowest BCUT2D eigenvalue weighted by Crippen LogP contribution is -2.38. The molecule has 2 saturated heterocycles. The molecule has 1 unspecified atom stereocenters. The Morgan fingerprint density at radius 3 is 2.73 bits per heavy atom. The van der Waals surface area contributed by atoms with Crippen molar-refractivity contribution in [2.75, 3.05) is 19.7 Å². The van der Waals surface area contributed by atoms with Gasteiger partial charge < -0.3 is 4.74 Å². The molecular weight excluding hydrogens is 138 g/mol. The number of ether oxygens (including phenoxy) is 1. The average Bonchev–Trinajstić information content (AvgIpc) is 2.58. The van der Waals surface area contributed by atoms with Crippen LogP contribution < -0.4 is 0 Å². The van der Waals surface area contributed by atoms with Crippen molar-refractivity contribution >= 4 is 0 Å². The lowest BCUT2D eigenvalue weighted by atomic mass is 10.1. The third-order valence-electron chi connectivity index (χ3n) is 2.55. The van der Waals surface area contributed by atoms with Gasteiger partial charge in [-0.15, -0.1) is 0 Å². The number of likely N-dealkylation sites (tertiary alicyclic amines) is 1. The molecule has 11 heavy (non-hydrogen) atoms. The van der Waals surface area contributed by atoms with Gasteiger partial charge in [0.1, 0.15) is 6.23 Å². The van der Waals surface area contributed by atoms with Crippen LogP contribution in [-0.2, 0) is 4.74 Å². The standard InChI is InChI=1S/C9H16NO/c1-2-6-10(7-3-1)9-5-4-8-11-9/h1,9H,2-8H2. The third-order valence-corrected chi connectivity index (χ3v) is 2.55. The van der Waals surface area contributed by atoms with Crippen molar-refractivity contribution in [1.82, 2.24) is 4.90 Å². The van der Waals surface area contributed by atoms with Gasteiger partial charge in [-0.2, -0.15) is 0 Å². The van der Waals surface area contributed by atoms with Gasteiger partial charge in [-0.3, -0.25) is 4.90 Å². The molecule has 2 aliphatic heterocycles. The highest BCUT2D eigenvalue weighted by Gasteiger charge is 2.23. The van der Waals surface area contributed by atoms with Gasteiger partial charge in [0.2, 0.25) is 0 Å². The SMILES string of the molecule is [CH]1CCN(C2CCCO2)CC1. The molecule has 0 bridgehead atoms. The van der Waals surface area contributed by atoms with Crippen molar-refractivity contribution in [1.29, 1.82) is 0 Å². The zero-order valence-corrected chi connectivity index (χ0v) is 6.96. The lowest BCUT2D eigenvalue weighted by molar-refractivity contribution is -0.0240. The largest absolute Gasteiger partial charge is 0.363 e. The van der Waals surface area contributed by atoms with Crippen LogP contribution >= 0.6 is 0 Å². The van der Waals surface area contributed by atoms with E-state index in [-0.39, 0.29) is 0 Å². The summed E-state index contributed by atoms with van der Waals surface area (Å²) in [5, 5.41) is 0. The molecule has 63 valence electrons. The Morgan fingerprint density at radius 2 is 2.09 bits per heavy atom. The highest BCUT2D eigenvalue weighted by Crippen LogP contribution is 2.20. The molecule has 2 fully saturated rings. The van der Waals surface area contributed by atoms with Gasteiger partial charge in [-0.25, -0.2) is 0 Å². The van der Waals surface area contributed by atoms with E-state index < -0.39 is 0 Å². The molecule has 2 heteroatoms. The van der Waals surface area contributed by atoms with Gasteiger partial charge in [-0.1, -0.05) is 0 Å². The number of hydrogen-bond acceptors (Lipinski definition) is 2. The molecule has 1 radical (unpaired) electrons. The average molecular weight is 154 g/mol. The van der Waals surface area contributed by atoms with E-state index in [0.29, 0.717) is 6.23 Å². The van der Waals surface area contributed by atoms with E-state index in [9.17, 15) is 0 Å². The summed E-state index contributed by atoms with van der Waals surface area (Å²) in [5.74, 6) is 0. The first-order valence-electron chi connectivity index (χ1n) is 4.64. The van der Waals surface area contributed by atoms with Crippen LogP contribution in [0.1, 0.15) is 25.7 Å². The Kier molecular flexibility index (Phi) is 2.44. The van der Waals surface area contributed by atoms with E-state index in [4.69, 9.17) is 4.74 Å². The predicted octanol–water partition coefficient (Wildman–Crippen LogP) is 1.42. The van der Waals surface area contributed by atoms with Crippen molar-refractivity contribution in [3.8, 4) is 0 Å². The summed E-state index contributed by atoms with van der Waals surface area (Å²) in [5.41, 5.74) is 0. The Hall–Kier alpha value is -0.0800. The van der Waals surface area contributed by atoms with Gasteiger partial charge in [-0.05, 0) is 32.1 Å². The summed E-state index contributed by atoms with van der Waals surface area (Å²) in [4.78, 5) is 2.48. The van der Waals surface area contributed by atoms with E-state index in [1.165, 1.54) is 38.8 Å². The second kappa shape index (κ2) is 3.55. The summed E-state index contributed by atoms with van der Waals surface area (Å²) in [6.07, 6.45) is 7.85. The quantitative estimate of drug-likeness (QED) is 0.566. The molecule has 2 nitrogen and oxygen atoms in total. The second-order valence-electron chi connectivity index (χ2n) is 3.37. The molecule has 0 N–H and O–H groups in total. The highest BCUT2D eigenvalue weighted by molar-refractivity contribution is 4.79. The first-order chi connectivity index (χ1) is 5.47. The van der Waals surface area contributed by atoms with Gasteiger partial charge >= 0.3 is 0 Å². The summed E-state index contributed by atoms with van der Waals surface area (Å²) in [6.45, 7) is 3.40. The number of nitrogens with zero attached hydrogens (tertiary/aromatic N) is 1. The molecule has 0 aromatic rings. The molecular formula is C9H16NO. The summed E-state index contributed by atoms with van der Waals surface area (Å²) >= 11 is 0. The zero-order valence-electron chi connectivity index (χ0n) is 6.96. The van der Waals surface area contributed by atoms with Crippen molar-refractivity contribution in [2.45, 2.75) is 31.9 Å². The normalized spacial score (nSPS) is 34.4. The van der Waals surface area contributed by atoms with Gasteiger partial charge in [0.25, 0.3) is 0 Å². The lowest BCUT2D eigenvalue weighted by Gasteiger charge is -2.30. The van der Waals surface area contributed by atoms with Crippen LogP contribution in [0, 0.1) is 6.42 Å². The minimum absolute atomic E-state index is 0.462. The molecule has 2 rings (SSSR count). The van der Waals surface area contributed by atoms with Crippen molar-refractivity contribution in [3.63, 3.8) is 0 Å². The van der Waals surface area contributed by atoms with Crippen LogP contribution in [0.4, 0.5) is 0 Å². The van der Waals surface area contributed by atoms with E-state index in [1.54, 1.807) is 0 Å². The summed E-state index contributed by atoms with van der Waals surface area (Å²) in [7, 11) is 0. The van der Waals surface area contributed by atoms with Crippen molar-refractivity contribution < 1.29 is 4.74 Å². The van der Waals surface area contributed by atoms with E-state index in [0.717, 1.165) is 6.61 Å². The maximum Gasteiger partial charge on any atom is 0.110 e. The second-order valence-corrected chi connectivity index (χ2v) is 3.37. The molecule has 0 saturated carbocycles. The first-order valence-corrected chi connectivity index (χ1v) is 4.64. The van der Waals surface area contributed by atoms with Crippen LogP contribution in [0.2, 0.25) is 0 Å². The van der Waals surface area contributed by atoms with Crippen molar-refractivity contribution in [3.05, 3.63) is 6.42 Å². The molecule has 0 spiro atoms. The third kappa shape index (κ3) is 1.74. The first kappa shape index (κ1) is 7.56. The summed E-state index contributed by atoms with van der Waals surface area (Å²) in [6, 6.07) is 0. The molecule has 2 aliphatic rings. The molecule has 0 aliphatic carbocycles. The molecule has 0 amide bonds. The maximum absolute atomic E-state index is 5.60. The topological polar surface area (TPSA) is 12.5 Å². The van der Waals surface area contributed by atoms with Crippen LogP contribution in [0.3, 0.4) is 0 Å². The van der Waals surface area contributed by atoms with Crippen molar-refractivity contribution in [2.24, 2.45) is 0 Å². The molecule has 1 atom stereocenters. The Morgan fingerprint density at radius 1 is 1.27 bits per heavy atom. The minimum atomic E-state index is 0.462. The molecule has 0 aromatic carbocycles. The van der Waals surface area contributed by atoms with Crippen LogP contribution in [0.5, 0.6) is 0 Å². The molecule has 0 aromatic heterocycles. The number of piperidine rings is 1. The highest BCUT2D eigenvalue weighted by atomic mass is 16.5. The fourth-order valence-corrected chi connectivity index (χ4v) is 1.91. The Labute approximate surface area is 68.5 Å². The fraction of sp³-hybridized carbons (Fsp3) is 0.889. The predicted molar refractivity (Wildman–Crippen MR) is 44.1 cm³/mol. The number of hydrogen-bond donors (Lipinski definition) is 0. The van der Waals surface area contributed by atoms with E-state index in [2.05, 4.69) is 11.3 Å². The van der Waals surface area contributed by atoms with Gasteiger partial charge in [0.05, 0.1) is 0 Å². The smallest absolute Gasteiger partial charge is 0.110 e. The molecule has 2 heterocycles. The maximum atomic E-state index is 5.60. The van der Waals surface area contributed by atoms with Crippen LogP contribution in [-0.4, -0.2) is 30.8 Å². The monoisotopic (exact) mass is 154 g/mol. The fourth-order valence-electron chi connectivity index (χ4n) is 1.91. The zero-order chi connectivity index (χ0) is 7.52. The van der Waals surface area contributed by atoms with Gasteiger partial charge in [0.15, 0.2) is 0 Å². The van der Waals surface area contributed by atoms with E-state index in [1.807, 2.05) is 0 Å². The number of rotatable bonds is 1. The van der Waals surface area contributed by atoms with Crippen LogP contribution in [0.15, 0.2) is 0 Å².